The van der Waals surface area contributed by atoms with Gasteiger partial charge in [-0.3, -0.25) is 4.79 Å². The quantitative estimate of drug-likeness (QED) is 0.521. The average Bonchev–Trinajstić information content (AvgIpc) is 2.74. The van der Waals surface area contributed by atoms with Gasteiger partial charge in [0, 0.05) is 5.56 Å². The van der Waals surface area contributed by atoms with Crippen molar-refractivity contribution >= 4 is 17.1 Å². The average molecular weight is 355 g/mol. The summed E-state index contributed by atoms with van der Waals surface area (Å²) in [6.07, 6.45) is 1.63. The Morgan fingerprint density at radius 2 is 1.74 bits per heavy atom. The van der Waals surface area contributed by atoms with Gasteiger partial charge in [-0.1, -0.05) is 54.6 Å². The van der Waals surface area contributed by atoms with E-state index in [4.69, 9.17) is 4.74 Å². The van der Waals surface area contributed by atoms with E-state index in [1.165, 1.54) is 4.68 Å². The Labute approximate surface area is 156 Å². The van der Waals surface area contributed by atoms with Crippen LogP contribution in [-0.2, 0) is 0 Å². The fraction of sp³-hybridized carbons (Fsp3) is 0.0455. The van der Waals surface area contributed by atoms with E-state index in [2.05, 4.69) is 10.1 Å². The highest BCUT2D eigenvalue weighted by atomic mass is 16.5. The van der Waals surface area contributed by atoms with Crippen molar-refractivity contribution in [1.29, 1.82) is 0 Å². The molecule has 0 saturated heterocycles. The van der Waals surface area contributed by atoms with Gasteiger partial charge in [-0.25, -0.2) is 4.98 Å². The smallest absolute Gasteiger partial charge is 0.282 e. The van der Waals surface area contributed by atoms with Gasteiger partial charge in [0.15, 0.2) is 5.82 Å². The van der Waals surface area contributed by atoms with Crippen molar-refractivity contribution in [1.82, 2.24) is 9.66 Å². The van der Waals surface area contributed by atoms with E-state index in [1.54, 1.807) is 19.4 Å². The molecule has 0 aliphatic carbocycles. The van der Waals surface area contributed by atoms with Crippen molar-refractivity contribution in [3.05, 3.63) is 94.8 Å². The van der Waals surface area contributed by atoms with Crippen LogP contribution in [0.15, 0.2) is 88.8 Å². The lowest BCUT2D eigenvalue weighted by Gasteiger charge is -2.09. The number of benzene rings is 3. The number of aromatic nitrogens is 2. The molecule has 0 aliphatic heterocycles. The second-order valence-electron chi connectivity index (χ2n) is 5.96. The Morgan fingerprint density at radius 1 is 0.963 bits per heavy atom. The van der Waals surface area contributed by atoms with Crippen LogP contribution in [0.5, 0.6) is 5.75 Å². The van der Waals surface area contributed by atoms with Gasteiger partial charge in [-0.2, -0.15) is 9.78 Å². The molecule has 0 amide bonds. The molecular weight excluding hydrogens is 338 g/mol. The fourth-order valence-electron chi connectivity index (χ4n) is 2.85. The van der Waals surface area contributed by atoms with E-state index in [0.29, 0.717) is 16.7 Å². The second kappa shape index (κ2) is 7.25. The van der Waals surface area contributed by atoms with E-state index in [9.17, 15) is 4.79 Å². The highest BCUT2D eigenvalue weighted by molar-refractivity contribution is 5.82. The molecule has 3 aromatic carbocycles. The van der Waals surface area contributed by atoms with E-state index in [0.717, 1.165) is 16.9 Å². The monoisotopic (exact) mass is 355 g/mol. The van der Waals surface area contributed by atoms with Crippen molar-refractivity contribution in [2.45, 2.75) is 0 Å². The number of ether oxygens (including phenoxy) is 1. The maximum Gasteiger partial charge on any atom is 0.282 e. The van der Waals surface area contributed by atoms with Gasteiger partial charge in [0.25, 0.3) is 5.56 Å². The lowest BCUT2D eigenvalue weighted by atomic mass is 10.2. The van der Waals surface area contributed by atoms with Crippen LogP contribution >= 0.6 is 0 Å². The minimum absolute atomic E-state index is 0.210. The van der Waals surface area contributed by atoms with E-state index < -0.39 is 0 Å². The molecule has 5 nitrogen and oxygen atoms in total. The predicted molar refractivity (Wildman–Crippen MR) is 107 cm³/mol. The van der Waals surface area contributed by atoms with Crippen LogP contribution in [0.3, 0.4) is 0 Å². The van der Waals surface area contributed by atoms with Gasteiger partial charge in [-0.15, -0.1) is 0 Å². The van der Waals surface area contributed by atoms with Crippen LogP contribution in [0.2, 0.25) is 0 Å². The molecule has 0 aliphatic rings. The first-order chi connectivity index (χ1) is 13.3. The lowest BCUT2D eigenvalue weighted by molar-refractivity contribution is 0.415. The first kappa shape index (κ1) is 16.7. The topological polar surface area (TPSA) is 56.5 Å². The molecule has 5 heteroatoms. The predicted octanol–water partition coefficient (Wildman–Crippen LogP) is 3.95. The number of hydrogen-bond acceptors (Lipinski definition) is 4. The van der Waals surface area contributed by atoms with Gasteiger partial charge < -0.3 is 4.74 Å². The second-order valence-corrected chi connectivity index (χ2v) is 5.96. The molecule has 132 valence electrons. The molecular formula is C22H17N3O2. The summed E-state index contributed by atoms with van der Waals surface area (Å²) in [4.78, 5) is 17.7. The molecule has 0 saturated carbocycles. The molecule has 27 heavy (non-hydrogen) atoms. The molecule has 0 fully saturated rings. The Morgan fingerprint density at radius 3 is 2.56 bits per heavy atom. The third kappa shape index (κ3) is 3.35. The Balaban J connectivity index is 1.91. The zero-order chi connectivity index (χ0) is 18.6. The molecule has 0 N–H and O–H groups in total. The largest absolute Gasteiger partial charge is 0.497 e. The summed E-state index contributed by atoms with van der Waals surface area (Å²) < 4.78 is 6.58. The third-order valence-electron chi connectivity index (χ3n) is 4.20. The number of hydrogen-bond donors (Lipinski definition) is 0. The maximum atomic E-state index is 13.1. The van der Waals surface area contributed by atoms with Gasteiger partial charge in [0.1, 0.15) is 5.75 Å². The van der Waals surface area contributed by atoms with Crippen LogP contribution in [0.1, 0.15) is 5.56 Å². The molecule has 4 rings (SSSR count). The maximum absolute atomic E-state index is 13.1. The number of nitrogens with zero attached hydrogens (tertiary/aromatic N) is 3. The Kier molecular flexibility index (Phi) is 4.49. The zero-order valence-corrected chi connectivity index (χ0v) is 14.7. The van der Waals surface area contributed by atoms with Gasteiger partial charge in [0.05, 0.1) is 24.2 Å². The van der Waals surface area contributed by atoms with E-state index in [-0.39, 0.29) is 5.56 Å². The van der Waals surface area contributed by atoms with Crippen LogP contribution < -0.4 is 10.3 Å². The summed E-state index contributed by atoms with van der Waals surface area (Å²) in [5, 5.41) is 4.97. The van der Waals surface area contributed by atoms with Gasteiger partial charge in [-0.05, 0) is 29.8 Å². The minimum atomic E-state index is -0.210. The first-order valence-electron chi connectivity index (χ1n) is 8.52. The van der Waals surface area contributed by atoms with Crippen molar-refractivity contribution in [3.63, 3.8) is 0 Å². The Hall–Kier alpha value is -3.73. The summed E-state index contributed by atoms with van der Waals surface area (Å²) in [5.74, 6) is 1.23. The van der Waals surface area contributed by atoms with Gasteiger partial charge >= 0.3 is 0 Å². The SMILES string of the molecule is COc1cccc(/C=N\n2c(-c3ccccc3)nc3ccccc3c2=O)c1. The molecule has 1 aromatic heterocycles. The Bertz CT molecular complexity index is 1180. The summed E-state index contributed by atoms with van der Waals surface area (Å²) in [6, 6.07) is 24.3. The van der Waals surface area contributed by atoms with Crippen molar-refractivity contribution in [3.8, 4) is 17.1 Å². The lowest BCUT2D eigenvalue weighted by Crippen LogP contribution is -2.20. The van der Waals surface area contributed by atoms with Crippen molar-refractivity contribution in [2.24, 2.45) is 5.10 Å². The third-order valence-corrected chi connectivity index (χ3v) is 4.20. The summed E-state index contributed by atoms with van der Waals surface area (Å²) >= 11 is 0. The van der Waals surface area contributed by atoms with Crippen LogP contribution in [0.25, 0.3) is 22.3 Å². The number of para-hydroxylation sites is 1. The zero-order valence-electron chi connectivity index (χ0n) is 14.7. The number of methoxy groups -OCH3 is 1. The fourth-order valence-corrected chi connectivity index (χ4v) is 2.85. The molecule has 0 atom stereocenters. The first-order valence-corrected chi connectivity index (χ1v) is 8.52. The summed E-state index contributed by atoms with van der Waals surface area (Å²) in [7, 11) is 1.61. The van der Waals surface area contributed by atoms with Crippen molar-refractivity contribution in [2.75, 3.05) is 7.11 Å². The molecule has 0 bridgehead atoms. The molecule has 0 radical (unpaired) electrons. The van der Waals surface area contributed by atoms with Crippen LogP contribution in [0, 0.1) is 0 Å². The van der Waals surface area contributed by atoms with E-state index >= 15 is 0 Å². The standard InChI is InChI=1S/C22H17N3O2/c1-27-18-11-7-8-16(14-18)15-23-25-21(17-9-3-2-4-10-17)24-20-13-6-5-12-19(20)22(25)26/h2-15H,1H3/b23-15-. The minimum Gasteiger partial charge on any atom is -0.497 e. The highest BCUT2D eigenvalue weighted by Gasteiger charge is 2.11. The molecule has 1 heterocycles. The van der Waals surface area contributed by atoms with E-state index in [1.807, 2.05) is 72.8 Å². The number of rotatable bonds is 4. The van der Waals surface area contributed by atoms with Crippen LogP contribution in [0.4, 0.5) is 0 Å². The summed E-state index contributed by atoms with van der Waals surface area (Å²) in [6.45, 7) is 0. The van der Waals surface area contributed by atoms with Crippen LogP contribution in [-0.4, -0.2) is 23.0 Å². The molecule has 0 unspecified atom stereocenters. The van der Waals surface area contributed by atoms with Crippen molar-refractivity contribution < 1.29 is 4.74 Å². The highest BCUT2D eigenvalue weighted by Crippen LogP contribution is 2.18. The molecule has 4 aromatic rings. The normalized spacial score (nSPS) is 11.1. The molecule has 0 spiro atoms. The summed E-state index contributed by atoms with van der Waals surface area (Å²) in [5.41, 5.74) is 2.09. The van der Waals surface area contributed by atoms with Gasteiger partial charge in [0.2, 0.25) is 0 Å². The number of fused-ring (bicyclic) bond motifs is 1.